The number of aromatic nitrogens is 1. The topological polar surface area (TPSA) is 148 Å². The summed E-state index contributed by atoms with van der Waals surface area (Å²) in [6, 6.07) is 87.8. The second-order valence-corrected chi connectivity index (χ2v) is 34.1. The summed E-state index contributed by atoms with van der Waals surface area (Å²) < 4.78 is 150. The highest BCUT2D eigenvalue weighted by atomic mass is 31.2. The van der Waals surface area contributed by atoms with Gasteiger partial charge in [0.15, 0.2) is 11.5 Å². The minimum atomic E-state index is -5.04. The minimum Gasteiger partial charge on any atom is -0.454 e. The summed E-state index contributed by atoms with van der Waals surface area (Å²) in [6.07, 6.45) is -2.59. The van der Waals surface area contributed by atoms with Gasteiger partial charge >= 0.3 is 34.9 Å². The predicted octanol–water partition coefficient (Wildman–Crippen LogP) is 27.7. The van der Waals surface area contributed by atoms with Gasteiger partial charge < -0.3 is 36.6 Å². The lowest BCUT2D eigenvalue weighted by Gasteiger charge is -2.31. The molecule has 16 rings (SSSR count). The molecule has 0 aliphatic carbocycles. The smallest absolute Gasteiger partial charge is 0.416 e. The van der Waals surface area contributed by atoms with E-state index in [9.17, 15) is 31.6 Å². The van der Waals surface area contributed by atoms with Crippen molar-refractivity contribution in [3.05, 3.63) is 359 Å². The minimum absolute atomic E-state index is 0.0228. The Kier molecular flexibility index (Phi) is 21.5. The zero-order chi connectivity index (χ0) is 77.6. The third-order valence-corrected chi connectivity index (χ3v) is 24.9. The average molecular weight is 1550 g/mol. The van der Waals surface area contributed by atoms with Gasteiger partial charge in [-0.15, -0.1) is 0 Å². The Bertz CT molecular complexity index is 5550. The molecule has 5 heterocycles. The number of hydrogen-bond donors (Lipinski definition) is 0. The van der Waals surface area contributed by atoms with Crippen molar-refractivity contribution in [3.8, 4) is 52.1 Å². The Morgan fingerprint density at radius 1 is 0.342 bits per heavy atom. The molecule has 0 saturated heterocycles. The van der Waals surface area contributed by atoms with Crippen LogP contribution in [0.5, 0.6) is 46.0 Å². The number of pyridine rings is 1. The van der Waals surface area contributed by atoms with E-state index in [2.05, 4.69) is 56.1 Å². The van der Waals surface area contributed by atoms with Crippen LogP contribution in [0.15, 0.2) is 312 Å². The molecule has 0 fully saturated rings. The van der Waals surface area contributed by atoms with Crippen molar-refractivity contribution >= 4 is 73.8 Å². The van der Waals surface area contributed by atoms with Crippen LogP contribution in [0.2, 0.25) is 0 Å². The highest BCUT2D eigenvalue weighted by Crippen LogP contribution is 2.70. The second kappa shape index (κ2) is 31.5. The van der Waals surface area contributed by atoms with Gasteiger partial charge in [-0.25, -0.2) is 0 Å². The number of para-hydroxylation sites is 6. The van der Waals surface area contributed by atoms with Crippen molar-refractivity contribution in [3.63, 3.8) is 0 Å². The molecule has 1 aromatic heterocycles. The fraction of sp³-hybridized carbons (Fsp3) is 0.124. The number of nitriles is 1. The molecule has 0 radical (unpaired) electrons. The first kappa shape index (κ1) is 75.7. The van der Waals surface area contributed by atoms with Crippen LogP contribution in [-0.4, -0.2) is 11.8 Å². The first-order valence-corrected chi connectivity index (χ1v) is 40.0. The maximum atomic E-state index is 13.9. The zero-order valence-corrected chi connectivity index (χ0v) is 63.5. The molecule has 12 aromatic rings. The van der Waals surface area contributed by atoms with Crippen LogP contribution in [0.3, 0.4) is 0 Å². The van der Waals surface area contributed by atoms with Gasteiger partial charge in [-0.05, 0) is 197 Å². The van der Waals surface area contributed by atoms with E-state index in [4.69, 9.17) is 50.9 Å². The van der Waals surface area contributed by atoms with E-state index in [1.54, 1.807) is 85.1 Å². The molecule has 11 aromatic carbocycles. The number of rotatable bonds is 15. The number of alkyl halides is 6. The monoisotopic (exact) mass is 1550 g/mol. The molecule has 4 aliphatic heterocycles. The number of halogens is 6. The molecule has 0 amide bonds. The van der Waals surface area contributed by atoms with E-state index in [1.807, 2.05) is 203 Å². The summed E-state index contributed by atoms with van der Waals surface area (Å²) >= 11 is 0. The quantitative estimate of drug-likeness (QED) is 0.0717. The van der Waals surface area contributed by atoms with E-state index in [-0.39, 0.29) is 46.1 Å². The van der Waals surface area contributed by atoms with Gasteiger partial charge in [-0.3, -0.25) is 4.98 Å². The number of nitrogens with zero attached hydrogens (tertiary/aromatic N) is 5. The van der Waals surface area contributed by atoms with Gasteiger partial charge in [0.05, 0.1) is 61.5 Å². The van der Waals surface area contributed by atoms with Crippen molar-refractivity contribution in [2.75, 3.05) is 6.79 Å². The van der Waals surface area contributed by atoms with Crippen molar-refractivity contribution in [2.24, 2.45) is 14.2 Å². The van der Waals surface area contributed by atoms with Gasteiger partial charge in [-0.1, -0.05) is 181 Å². The van der Waals surface area contributed by atoms with Gasteiger partial charge in [-0.2, -0.15) is 45.8 Å². The summed E-state index contributed by atoms with van der Waals surface area (Å²) in [5, 5.41) is 10.9. The van der Waals surface area contributed by atoms with Crippen LogP contribution >= 0.6 is 22.5 Å². The zero-order valence-electron chi connectivity index (χ0n) is 60.8. The molecule has 0 unspecified atom stereocenters. The highest BCUT2D eigenvalue weighted by molar-refractivity contribution is 7.69. The van der Waals surface area contributed by atoms with Gasteiger partial charge in [0.1, 0.15) is 34.5 Å². The number of benzene rings is 11. The third kappa shape index (κ3) is 17.5. The molecule has 111 heavy (non-hydrogen) atoms. The van der Waals surface area contributed by atoms with E-state index in [0.29, 0.717) is 69.1 Å². The van der Waals surface area contributed by atoms with Crippen LogP contribution in [0, 0.1) is 11.3 Å². The van der Waals surface area contributed by atoms with E-state index < -0.39 is 46.0 Å². The molecule has 0 N–H and O–H groups in total. The molecular formula is C89H72F6N5O8P3. The molecular weight excluding hydrogens is 1470 g/mol. The molecule has 0 spiro atoms. The summed E-state index contributed by atoms with van der Waals surface area (Å²) in [4.78, 5) is 4.66. The molecule has 0 saturated carbocycles. The van der Waals surface area contributed by atoms with E-state index >= 15 is 0 Å². The van der Waals surface area contributed by atoms with Crippen LogP contribution in [0.4, 0.5) is 43.4 Å². The Labute approximate surface area is 640 Å². The molecule has 13 nitrogen and oxygen atoms in total. The van der Waals surface area contributed by atoms with Crippen LogP contribution in [0.1, 0.15) is 103 Å². The first-order valence-electron chi connectivity index (χ1n) is 35.3. The SMILES string of the molecule is CC(C)(C)c1ccc2c(c1)C=C(c1cc(C(F)(F)F)cc(C(F)(F)F)c1)P(Oc1ccccc1)(Oc1ccccc1)=N2.CC(C)(C)c1ccc2c(c1)C=C(c1ccccn1)P(Oc1ccccc1)(Oc1ccccc1)=N2.N#Cc1ccc(C2=Cc3cc4c(cc3N=P2(Oc2ccccc2)Oc2ccccc2)OCO4)cc1. The Hall–Kier alpha value is -12.1. The largest absolute Gasteiger partial charge is 0.454 e. The van der Waals surface area contributed by atoms with Gasteiger partial charge in [0.25, 0.3) is 0 Å². The number of fused-ring (bicyclic) bond motifs is 4. The van der Waals surface area contributed by atoms with E-state index in [0.717, 1.165) is 44.3 Å². The van der Waals surface area contributed by atoms with E-state index in [1.165, 1.54) is 11.6 Å². The number of ether oxygens (including phenoxy) is 2. The summed E-state index contributed by atoms with van der Waals surface area (Å²) in [7, 11) is -10.0. The number of hydrogen-bond acceptors (Lipinski definition) is 13. The average Bonchev–Trinajstić information content (AvgIpc) is 1.33. The fourth-order valence-electron chi connectivity index (χ4n) is 12.1. The van der Waals surface area contributed by atoms with Crippen molar-refractivity contribution in [1.29, 1.82) is 5.26 Å². The van der Waals surface area contributed by atoms with Crippen molar-refractivity contribution in [2.45, 2.75) is 64.7 Å². The maximum Gasteiger partial charge on any atom is 0.416 e. The molecule has 0 bridgehead atoms. The second-order valence-electron chi connectivity index (χ2n) is 27.9. The Morgan fingerprint density at radius 3 is 1.05 bits per heavy atom. The highest BCUT2D eigenvalue weighted by Gasteiger charge is 2.43. The summed E-state index contributed by atoms with van der Waals surface area (Å²) in [5.41, 5.74) is 5.30. The molecule has 4 aliphatic rings. The molecule has 0 atom stereocenters. The summed E-state index contributed by atoms with van der Waals surface area (Å²) in [6.45, 7) is 12.8. The Morgan fingerprint density at radius 2 is 0.685 bits per heavy atom. The normalized spacial score (nSPS) is 14.6. The van der Waals surface area contributed by atoms with Crippen LogP contribution < -0.4 is 36.6 Å². The van der Waals surface area contributed by atoms with Crippen LogP contribution in [-0.2, 0) is 23.2 Å². The van der Waals surface area contributed by atoms with Gasteiger partial charge in [0, 0.05) is 29.0 Å². The lowest BCUT2D eigenvalue weighted by molar-refractivity contribution is -0.143. The van der Waals surface area contributed by atoms with Gasteiger partial charge in [0.2, 0.25) is 6.79 Å². The molecule has 558 valence electrons. The van der Waals surface area contributed by atoms with Crippen molar-refractivity contribution in [1.82, 2.24) is 4.98 Å². The molecule has 22 heteroatoms. The maximum absolute atomic E-state index is 13.9. The Balaban J connectivity index is 0.000000139. The van der Waals surface area contributed by atoms with Crippen LogP contribution in [0.25, 0.3) is 34.2 Å². The lowest BCUT2D eigenvalue weighted by atomic mass is 9.86. The first-order chi connectivity index (χ1) is 53.3. The fourth-order valence-corrected chi connectivity index (χ4v) is 19.5. The lowest BCUT2D eigenvalue weighted by Crippen LogP contribution is -2.13. The standard InChI is InChI=1S/C32H26F6NO2P.C29H27N2O2P.C28H19N2O4P/c1-30(2,3)23-14-15-28-21(16-23)19-29(22-17-24(31(33,34)35)20-25(18-22)32(36,37)38)42(39-28,40-26-10-6-4-7-11-26)41-27-12-8-5-9-13-27;1-29(2,3)23-17-18-26-22(20-23)21-28(27-16-10-11-19-30-27)34(31-26,32-24-12-6-4-7-13-24)33-25-14-8-5-9-15-25;29-18-20-11-13-21(14-12-20)28-16-22-15-26-27(32-19-31-26)17-25(22)30-35(28,33-23-7-3-1-4-8-23)34-24-9-5-2-6-10-24/h4-20H,1-3H3;4-21H,1-3H3;1-17H,19H2. The predicted molar refractivity (Wildman–Crippen MR) is 428 cm³/mol. The summed E-state index contributed by atoms with van der Waals surface area (Å²) in [5.74, 6) is 4.57. The van der Waals surface area contributed by atoms with Crippen molar-refractivity contribution < 1.29 is 63.0 Å². The third-order valence-electron chi connectivity index (χ3n) is 17.8.